The highest BCUT2D eigenvalue weighted by Crippen LogP contribution is 2.46. The molecule has 0 aromatic carbocycles. The van der Waals surface area contributed by atoms with Gasteiger partial charge in [-0.3, -0.25) is 0 Å². The Labute approximate surface area is 309 Å². The zero-order valence-electron chi connectivity index (χ0n) is 24.4. The second-order valence-corrected chi connectivity index (χ2v) is 72.3. The summed E-state index contributed by atoms with van der Waals surface area (Å²) in [6, 6.07) is 13.6. The summed E-state index contributed by atoms with van der Waals surface area (Å²) in [4.78, 5) is 0. The number of rotatable bonds is 21. The molecule has 0 N–H and O–H groups in total. The van der Waals surface area contributed by atoms with E-state index in [0.29, 0.717) is 0 Å². The first kappa shape index (κ1) is 45.2. The summed E-state index contributed by atoms with van der Waals surface area (Å²) in [5, 5.41) is 0. The van der Waals surface area contributed by atoms with E-state index in [9.17, 15) is 0 Å². The molecule has 0 atom stereocenters. The first-order valence-corrected chi connectivity index (χ1v) is 47.8. The SMILES string of the molecule is C[Si](Cl)(Cl)CC[Si](CC[Si](C)(Cl)Cl)(CC[Si](C)(Cl)Cl)CC[Si](CC[Si](C)(Cl)Cl)(CC[Si](C)(Cl)Cl)CC[Si](C)(Cl)Cl. The smallest absolute Gasteiger partial charge is 0.146 e. The average Bonchev–Trinajstić information content (AvgIpc) is 2.69. The third kappa shape index (κ3) is 26.2. The van der Waals surface area contributed by atoms with Gasteiger partial charge in [0.05, 0.1) is 16.1 Å². The van der Waals surface area contributed by atoms with Gasteiger partial charge in [0, 0.05) is 0 Å². The van der Waals surface area contributed by atoms with Gasteiger partial charge in [-0.1, -0.05) is 48.4 Å². The largest absolute Gasteiger partial charge is 0.248 e. The lowest BCUT2D eigenvalue weighted by atomic mass is 10.8. The Bertz CT molecular complexity index is 584. The number of halogens is 12. The van der Waals surface area contributed by atoms with Gasteiger partial charge in [-0.25, -0.2) is 0 Å². The van der Waals surface area contributed by atoms with Crippen LogP contribution in [0.5, 0.6) is 0 Å². The van der Waals surface area contributed by atoms with Crippen LogP contribution in [0.15, 0.2) is 0 Å². The molecule has 0 amide bonds. The van der Waals surface area contributed by atoms with Crippen molar-refractivity contribution in [3.05, 3.63) is 0 Å². The molecule has 0 aromatic rings. The number of hydrogen-bond acceptors (Lipinski definition) is 0. The van der Waals surface area contributed by atoms with Gasteiger partial charge in [-0.15, -0.1) is 133 Å². The summed E-state index contributed by atoms with van der Waals surface area (Å²) in [5.41, 5.74) is 0. The van der Waals surface area contributed by atoms with Crippen molar-refractivity contribution in [2.45, 2.75) is 124 Å². The van der Waals surface area contributed by atoms with E-state index >= 15 is 0 Å². The van der Waals surface area contributed by atoms with Crippen LogP contribution in [0.25, 0.3) is 0 Å². The van der Waals surface area contributed by atoms with Crippen molar-refractivity contribution in [3.63, 3.8) is 0 Å². The Kier molecular flexibility index (Phi) is 20.7. The van der Waals surface area contributed by atoms with Crippen molar-refractivity contribution < 1.29 is 0 Å². The maximum absolute atomic E-state index is 6.68. The zero-order valence-corrected chi connectivity index (χ0v) is 41.5. The lowest BCUT2D eigenvalue weighted by Gasteiger charge is -2.41. The minimum absolute atomic E-state index is 0.847. The van der Waals surface area contributed by atoms with Gasteiger partial charge in [0.15, 0.2) is 0 Å². The lowest BCUT2D eigenvalue weighted by Crippen LogP contribution is -2.44. The Morgan fingerprint density at radius 1 is 0.225 bits per heavy atom. The van der Waals surface area contributed by atoms with Gasteiger partial charge >= 0.3 is 0 Å². The Morgan fingerprint density at radius 3 is 0.425 bits per heavy atom. The van der Waals surface area contributed by atoms with Crippen molar-refractivity contribution in [3.8, 4) is 0 Å². The summed E-state index contributed by atoms with van der Waals surface area (Å²) in [5.74, 6) is 0. The van der Waals surface area contributed by atoms with Gasteiger partial charge in [0.1, 0.15) is 0 Å². The van der Waals surface area contributed by atoms with Crippen LogP contribution in [-0.4, -0.2) is 56.3 Å². The first-order chi connectivity index (χ1) is 17.4. The van der Waals surface area contributed by atoms with E-state index < -0.39 is 56.3 Å². The maximum Gasteiger partial charge on any atom is 0.248 e. The van der Waals surface area contributed by atoms with Crippen LogP contribution in [-0.2, 0) is 0 Å². The summed E-state index contributed by atoms with van der Waals surface area (Å²) >= 11 is 80.2. The van der Waals surface area contributed by atoms with Crippen molar-refractivity contribution in [1.29, 1.82) is 0 Å². The molecule has 0 fully saturated rings. The standard InChI is InChI=1S/C20H46Cl12Si8/c1-33(21,22)7-13-39(14-8-34(2,23)24,15-9-35(3,25)26)19-20-40(16-10-36(4,27)28,17-11-37(5,29)30)18-12-38(6,31)32/h7-20H2,1-6H3. The lowest BCUT2D eigenvalue weighted by molar-refractivity contribution is 1.04. The maximum atomic E-state index is 6.68. The molecule has 0 nitrogen and oxygen atoms in total. The molecular formula is C20H46Cl12Si8. The summed E-state index contributed by atoms with van der Waals surface area (Å²) in [6.07, 6.45) is 0. The Hall–Kier alpha value is 5.22. The highest BCUT2D eigenvalue weighted by atomic mass is 35.7. The fourth-order valence-electron chi connectivity index (χ4n) is 4.94. The van der Waals surface area contributed by atoms with Crippen molar-refractivity contribution in [2.24, 2.45) is 0 Å². The predicted octanol–water partition coefficient (Wildman–Crippen LogP) is 15.2. The van der Waals surface area contributed by atoms with Crippen LogP contribution < -0.4 is 0 Å². The molecule has 0 bridgehead atoms. The molecule has 0 aliphatic rings. The molecule has 0 saturated carbocycles. The second kappa shape index (κ2) is 18.3. The minimum Gasteiger partial charge on any atom is -0.146 e. The topological polar surface area (TPSA) is 0 Å². The van der Waals surface area contributed by atoms with Gasteiger partial charge < -0.3 is 0 Å². The van der Waals surface area contributed by atoms with Crippen LogP contribution in [0.3, 0.4) is 0 Å². The van der Waals surface area contributed by atoms with Crippen molar-refractivity contribution in [2.75, 3.05) is 0 Å². The average molecular weight is 937 g/mol. The molecule has 0 saturated heterocycles. The van der Waals surface area contributed by atoms with E-state index in [1.807, 2.05) is 39.3 Å². The molecule has 20 heteroatoms. The van der Waals surface area contributed by atoms with Gasteiger partial charge in [0.2, 0.25) is 40.2 Å². The molecule has 0 rings (SSSR count). The van der Waals surface area contributed by atoms with Crippen LogP contribution in [0, 0.1) is 0 Å². The van der Waals surface area contributed by atoms with E-state index in [4.69, 9.17) is 133 Å². The van der Waals surface area contributed by atoms with Crippen LogP contribution >= 0.6 is 133 Å². The second-order valence-electron chi connectivity index (χ2n) is 12.9. The molecule has 0 heterocycles. The molecule has 0 radical (unpaired) electrons. The van der Waals surface area contributed by atoms with Gasteiger partial charge in [-0.2, -0.15) is 0 Å². The van der Waals surface area contributed by atoms with Crippen molar-refractivity contribution in [1.82, 2.24) is 0 Å². The highest BCUT2D eigenvalue weighted by molar-refractivity contribution is 7.47. The minimum atomic E-state index is -2.32. The molecule has 0 aliphatic heterocycles. The monoisotopic (exact) mass is 930 g/mol. The summed E-state index contributed by atoms with van der Waals surface area (Å²) in [7, 11) is -3.98. The quantitative estimate of drug-likeness (QED) is 0.0795. The first-order valence-electron chi connectivity index (χ1n) is 13.7. The molecule has 40 heavy (non-hydrogen) atoms. The normalized spacial score (nSPS) is 15.2. The zero-order chi connectivity index (χ0) is 31.9. The fraction of sp³-hybridized carbons (Fsp3) is 1.00. The predicted molar refractivity (Wildman–Crippen MR) is 219 cm³/mol. The molecule has 0 aliphatic carbocycles. The number of hydrogen-bond donors (Lipinski definition) is 0. The van der Waals surface area contributed by atoms with E-state index in [1.165, 1.54) is 0 Å². The van der Waals surface area contributed by atoms with Gasteiger partial charge in [0.25, 0.3) is 0 Å². The van der Waals surface area contributed by atoms with E-state index in [1.54, 1.807) is 0 Å². The van der Waals surface area contributed by atoms with Crippen LogP contribution in [0.4, 0.5) is 0 Å². The summed E-state index contributed by atoms with van der Waals surface area (Å²) in [6.45, 7) is -1.89. The summed E-state index contributed by atoms with van der Waals surface area (Å²) < 4.78 is 0. The van der Waals surface area contributed by atoms with E-state index in [2.05, 4.69) is 0 Å². The van der Waals surface area contributed by atoms with E-state index in [0.717, 1.165) is 84.6 Å². The third-order valence-corrected chi connectivity index (χ3v) is 35.3. The van der Waals surface area contributed by atoms with E-state index in [-0.39, 0.29) is 0 Å². The Morgan fingerprint density at radius 2 is 0.325 bits per heavy atom. The van der Waals surface area contributed by atoms with Gasteiger partial charge in [-0.05, 0) is 75.5 Å². The van der Waals surface area contributed by atoms with Crippen LogP contribution in [0.1, 0.15) is 0 Å². The highest BCUT2D eigenvalue weighted by Gasteiger charge is 2.44. The Balaban J connectivity index is 6.61. The van der Waals surface area contributed by atoms with Crippen molar-refractivity contribution >= 4 is 189 Å². The fourth-order valence-corrected chi connectivity index (χ4v) is 45.6. The third-order valence-electron chi connectivity index (χ3n) is 7.75. The molecule has 0 aromatic heterocycles. The molecule has 242 valence electrons. The molecule has 0 spiro atoms. The van der Waals surface area contributed by atoms with Crippen LogP contribution in [0.2, 0.25) is 124 Å². The molecular weight excluding hydrogens is 890 g/mol. The molecule has 0 unspecified atom stereocenters.